The van der Waals surface area contributed by atoms with Gasteiger partial charge in [0.2, 0.25) is 0 Å². The molecular formula is C14H22N2O2S. The molecule has 19 heavy (non-hydrogen) atoms. The Morgan fingerprint density at radius 3 is 2.89 bits per heavy atom. The third kappa shape index (κ3) is 3.34. The van der Waals surface area contributed by atoms with Crippen LogP contribution in [-0.4, -0.2) is 36.5 Å². The van der Waals surface area contributed by atoms with E-state index in [9.17, 15) is 5.11 Å². The van der Waals surface area contributed by atoms with Gasteiger partial charge in [0, 0.05) is 43.0 Å². The number of aliphatic hydroxyl groups is 1. The molecule has 0 atom stereocenters. The van der Waals surface area contributed by atoms with Crippen LogP contribution in [0.25, 0.3) is 0 Å². The fraction of sp³-hybridized carbons (Fsp3) is 0.786. The molecule has 0 radical (unpaired) electrons. The summed E-state index contributed by atoms with van der Waals surface area (Å²) in [7, 11) is 0. The van der Waals surface area contributed by atoms with Crippen LogP contribution >= 0.6 is 11.3 Å². The maximum absolute atomic E-state index is 9.61. The zero-order chi connectivity index (χ0) is 13.1. The quantitative estimate of drug-likeness (QED) is 0.837. The van der Waals surface area contributed by atoms with Crippen molar-refractivity contribution < 1.29 is 9.84 Å². The lowest BCUT2D eigenvalue weighted by molar-refractivity contribution is -0.0154. The van der Waals surface area contributed by atoms with E-state index in [1.807, 2.05) is 0 Å². The zero-order valence-electron chi connectivity index (χ0n) is 11.2. The normalized spacial score (nSPS) is 22.6. The highest BCUT2D eigenvalue weighted by atomic mass is 32.1. The van der Waals surface area contributed by atoms with Gasteiger partial charge >= 0.3 is 0 Å². The largest absolute Gasteiger partial charge is 0.396 e. The molecule has 0 amide bonds. The van der Waals surface area contributed by atoms with E-state index >= 15 is 0 Å². The van der Waals surface area contributed by atoms with Crippen LogP contribution < -0.4 is 5.32 Å². The maximum Gasteiger partial charge on any atom is 0.0959 e. The van der Waals surface area contributed by atoms with Crippen molar-refractivity contribution in [1.82, 2.24) is 10.3 Å². The number of nitrogens with one attached hydrogen (secondary N) is 1. The van der Waals surface area contributed by atoms with Crippen LogP contribution in [0.3, 0.4) is 0 Å². The molecule has 5 heteroatoms. The number of thiazole rings is 1. The highest BCUT2D eigenvalue weighted by molar-refractivity contribution is 7.09. The summed E-state index contributed by atoms with van der Waals surface area (Å²) in [6, 6.07) is 0. The van der Waals surface area contributed by atoms with Crippen LogP contribution in [0.4, 0.5) is 0 Å². The average molecular weight is 282 g/mol. The molecule has 0 aromatic carbocycles. The monoisotopic (exact) mass is 282 g/mol. The first-order chi connectivity index (χ1) is 9.31. The van der Waals surface area contributed by atoms with Crippen molar-refractivity contribution in [2.24, 2.45) is 5.41 Å². The van der Waals surface area contributed by atoms with Gasteiger partial charge in [0.25, 0.3) is 0 Å². The molecule has 1 aliphatic heterocycles. The van der Waals surface area contributed by atoms with Gasteiger partial charge in [0.15, 0.2) is 0 Å². The van der Waals surface area contributed by atoms with Crippen LogP contribution in [0.5, 0.6) is 0 Å². The average Bonchev–Trinajstić information content (AvgIpc) is 3.20. The Balaban J connectivity index is 1.48. The lowest BCUT2D eigenvalue weighted by Gasteiger charge is -2.35. The van der Waals surface area contributed by atoms with Crippen molar-refractivity contribution in [3.63, 3.8) is 0 Å². The highest BCUT2D eigenvalue weighted by Gasteiger charge is 2.31. The van der Waals surface area contributed by atoms with E-state index in [0.717, 1.165) is 50.8 Å². The van der Waals surface area contributed by atoms with Gasteiger partial charge in [-0.3, -0.25) is 0 Å². The van der Waals surface area contributed by atoms with Crippen molar-refractivity contribution >= 4 is 11.3 Å². The minimum atomic E-state index is 0.00753. The minimum absolute atomic E-state index is 0.00753. The summed E-state index contributed by atoms with van der Waals surface area (Å²) in [5, 5.41) is 16.5. The lowest BCUT2D eigenvalue weighted by atomic mass is 9.81. The molecule has 0 spiro atoms. The molecule has 1 saturated heterocycles. The molecule has 4 nitrogen and oxygen atoms in total. The summed E-state index contributed by atoms with van der Waals surface area (Å²) >= 11 is 1.79. The molecule has 1 aromatic heterocycles. The van der Waals surface area contributed by atoms with Gasteiger partial charge < -0.3 is 15.2 Å². The summed E-state index contributed by atoms with van der Waals surface area (Å²) in [5.74, 6) is 0.748. The number of nitrogens with zero attached hydrogens (tertiary/aromatic N) is 1. The second kappa shape index (κ2) is 5.87. The first kappa shape index (κ1) is 13.5. The van der Waals surface area contributed by atoms with Gasteiger partial charge in [0.1, 0.15) is 0 Å². The van der Waals surface area contributed by atoms with E-state index < -0.39 is 0 Å². The van der Waals surface area contributed by atoms with E-state index in [1.54, 1.807) is 11.3 Å². The molecule has 1 aliphatic carbocycles. The molecule has 1 saturated carbocycles. The number of rotatable bonds is 6. The molecule has 0 bridgehead atoms. The van der Waals surface area contributed by atoms with Gasteiger partial charge in [-0.1, -0.05) is 0 Å². The molecule has 106 valence electrons. The van der Waals surface area contributed by atoms with Gasteiger partial charge in [-0.2, -0.15) is 0 Å². The van der Waals surface area contributed by atoms with Gasteiger partial charge in [-0.15, -0.1) is 11.3 Å². The predicted molar refractivity (Wildman–Crippen MR) is 75.4 cm³/mol. The molecular weight excluding hydrogens is 260 g/mol. The van der Waals surface area contributed by atoms with Crippen molar-refractivity contribution in [1.29, 1.82) is 0 Å². The van der Waals surface area contributed by atoms with E-state index in [-0.39, 0.29) is 12.0 Å². The SMILES string of the molecule is OCC1(CNCc2csc(C3CC3)n2)CCOCC1. The van der Waals surface area contributed by atoms with Gasteiger partial charge in [-0.25, -0.2) is 4.98 Å². The minimum Gasteiger partial charge on any atom is -0.396 e. The summed E-state index contributed by atoms with van der Waals surface area (Å²) in [4.78, 5) is 4.67. The highest BCUT2D eigenvalue weighted by Crippen LogP contribution is 2.41. The molecule has 2 N–H and O–H groups in total. The van der Waals surface area contributed by atoms with Crippen molar-refractivity contribution in [2.45, 2.75) is 38.1 Å². The second-order valence-corrected chi connectivity index (χ2v) is 6.72. The Bertz CT molecular complexity index is 411. The number of ether oxygens (including phenoxy) is 1. The smallest absolute Gasteiger partial charge is 0.0959 e. The van der Waals surface area contributed by atoms with Crippen LogP contribution in [0.15, 0.2) is 5.38 Å². The number of hydrogen-bond donors (Lipinski definition) is 2. The fourth-order valence-corrected chi connectivity index (χ4v) is 3.56. The van der Waals surface area contributed by atoms with Crippen molar-refractivity contribution in [3.05, 3.63) is 16.1 Å². The number of hydrogen-bond acceptors (Lipinski definition) is 5. The van der Waals surface area contributed by atoms with Crippen LogP contribution in [0.2, 0.25) is 0 Å². The standard InChI is InChI=1S/C14H22N2O2S/c17-10-14(3-5-18-6-4-14)9-15-7-12-8-19-13(16-12)11-1-2-11/h8,11,15,17H,1-7,9-10H2. The third-order valence-electron chi connectivity index (χ3n) is 4.19. The molecule has 2 fully saturated rings. The Morgan fingerprint density at radius 2 is 2.21 bits per heavy atom. The summed E-state index contributed by atoms with van der Waals surface area (Å²) < 4.78 is 5.38. The summed E-state index contributed by atoms with van der Waals surface area (Å²) in [6.07, 6.45) is 4.52. The first-order valence-corrected chi connectivity index (χ1v) is 8.03. The molecule has 1 aromatic rings. The van der Waals surface area contributed by atoms with Crippen molar-refractivity contribution in [2.75, 3.05) is 26.4 Å². The predicted octanol–water partition coefficient (Wildman–Crippen LogP) is 1.90. The zero-order valence-corrected chi connectivity index (χ0v) is 12.0. The van der Waals surface area contributed by atoms with Crippen LogP contribution in [0, 0.1) is 5.41 Å². The Hall–Kier alpha value is -0.490. The van der Waals surface area contributed by atoms with Gasteiger partial charge in [-0.05, 0) is 25.7 Å². The maximum atomic E-state index is 9.61. The topological polar surface area (TPSA) is 54.4 Å². The van der Waals surface area contributed by atoms with Gasteiger partial charge in [0.05, 0.1) is 17.3 Å². The number of aromatic nitrogens is 1. The fourth-order valence-electron chi connectivity index (χ4n) is 2.57. The molecule has 2 heterocycles. The molecule has 3 rings (SSSR count). The van der Waals surface area contributed by atoms with Crippen molar-refractivity contribution in [3.8, 4) is 0 Å². The van der Waals surface area contributed by atoms with E-state index in [0.29, 0.717) is 0 Å². The second-order valence-electron chi connectivity index (χ2n) is 5.83. The first-order valence-electron chi connectivity index (χ1n) is 7.15. The molecule has 0 unspecified atom stereocenters. The lowest BCUT2D eigenvalue weighted by Crippen LogP contribution is -2.41. The Labute approximate surface area is 118 Å². The Morgan fingerprint density at radius 1 is 1.42 bits per heavy atom. The Kier molecular flexibility index (Phi) is 4.17. The van der Waals surface area contributed by atoms with E-state index in [2.05, 4.69) is 15.7 Å². The summed E-state index contributed by atoms with van der Waals surface area (Å²) in [6.45, 7) is 3.44. The molecule has 2 aliphatic rings. The third-order valence-corrected chi connectivity index (χ3v) is 5.25. The van der Waals surface area contributed by atoms with E-state index in [1.165, 1.54) is 17.8 Å². The van der Waals surface area contributed by atoms with Crippen LogP contribution in [0.1, 0.15) is 42.3 Å². The van der Waals surface area contributed by atoms with Crippen LogP contribution in [-0.2, 0) is 11.3 Å². The summed E-state index contributed by atoms with van der Waals surface area (Å²) in [5.41, 5.74) is 1.15. The van der Waals surface area contributed by atoms with E-state index in [4.69, 9.17) is 4.74 Å². The number of aliphatic hydroxyl groups excluding tert-OH is 1.